The molecule has 5 heteroatoms. The SMILES string of the molecule is CC[C@H](N)c1ccc(Sc2nccc(=O)[nH]2)cc1. The van der Waals surface area contributed by atoms with Gasteiger partial charge in [0.25, 0.3) is 5.56 Å². The maximum Gasteiger partial charge on any atom is 0.251 e. The average Bonchev–Trinajstić information content (AvgIpc) is 2.39. The van der Waals surface area contributed by atoms with Crippen LogP contribution in [0.1, 0.15) is 24.9 Å². The van der Waals surface area contributed by atoms with E-state index in [0.717, 1.165) is 16.9 Å². The second kappa shape index (κ2) is 5.84. The lowest BCUT2D eigenvalue weighted by molar-refractivity contribution is 0.698. The smallest absolute Gasteiger partial charge is 0.251 e. The van der Waals surface area contributed by atoms with E-state index in [1.165, 1.54) is 24.0 Å². The van der Waals surface area contributed by atoms with Crippen LogP contribution in [0.2, 0.25) is 0 Å². The van der Waals surface area contributed by atoms with Gasteiger partial charge in [0.2, 0.25) is 0 Å². The van der Waals surface area contributed by atoms with Crippen molar-refractivity contribution in [3.8, 4) is 0 Å². The Hall–Kier alpha value is -1.59. The van der Waals surface area contributed by atoms with E-state index in [1.54, 1.807) is 0 Å². The Kier molecular flexibility index (Phi) is 4.17. The molecule has 2 rings (SSSR count). The first-order chi connectivity index (χ1) is 8.69. The van der Waals surface area contributed by atoms with Crippen LogP contribution < -0.4 is 11.3 Å². The summed E-state index contributed by atoms with van der Waals surface area (Å²) in [4.78, 5) is 18.9. The summed E-state index contributed by atoms with van der Waals surface area (Å²) >= 11 is 1.42. The number of nitrogens with one attached hydrogen (secondary N) is 1. The lowest BCUT2D eigenvalue weighted by Crippen LogP contribution is -2.08. The molecule has 4 nitrogen and oxygen atoms in total. The van der Waals surface area contributed by atoms with Gasteiger partial charge in [-0.25, -0.2) is 4.98 Å². The number of nitrogens with two attached hydrogens (primary N) is 1. The molecular weight excluding hydrogens is 246 g/mol. The van der Waals surface area contributed by atoms with E-state index in [2.05, 4.69) is 16.9 Å². The summed E-state index contributed by atoms with van der Waals surface area (Å²) in [6, 6.07) is 9.48. The largest absolute Gasteiger partial charge is 0.324 e. The van der Waals surface area contributed by atoms with Crippen molar-refractivity contribution in [3.05, 3.63) is 52.4 Å². The van der Waals surface area contributed by atoms with Crippen molar-refractivity contribution in [2.45, 2.75) is 29.4 Å². The van der Waals surface area contributed by atoms with Gasteiger partial charge in [-0.3, -0.25) is 4.79 Å². The first kappa shape index (κ1) is 12.9. The highest BCUT2D eigenvalue weighted by atomic mass is 32.2. The van der Waals surface area contributed by atoms with Gasteiger partial charge in [-0.1, -0.05) is 30.8 Å². The topological polar surface area (TPSA) is 71.8 Å². The Morgan fingerprint density at radius 2 is 2.06 bits per heavy atom. The molecule has 1 heterocycles. The van der Waals surface area contributed by atoms with Crippen LogP contribution in [0, 0.1) is 0 Å². The van der Waals surface area contributed by atoms with Gasteiger partial charge in [-0.05, 0) is 24.1 Å². The van der Waals surface area contributed by atoms with Crippen molar-refractivity contribution in [1.82, 2.24) is 9.97 Å². The molecule has 0 aliphatic rings. The van der Waals surface area contributed by atoms with Gasteiger partial charge in [-0.2, -0.15) is 0 Å². The first-order valence-electron chi connectivity index (χ1n) is 5.77. The standard InChI is InChI=1S/C13H15N3OS/c1-2-11(14)9-3-5-10(6-4-9)18-13-15-8-7-12(17)16-13/h3-8,11H,2,14H2,1H3,(H,15,16,17)/t11-/m0/s1. The third-order valence-electron chi connectivity index (χ3n) is 2.61. The van der Waals surface area contributed by atoms with E-state index in [-0.39, 0.29) is 11.6 Å². The number of aromatic amines is 1. The zero-order valence-electron chi connectivity index (χ0n) is 10.1. The number of benzene rings is 1. The fourth-order valence-corrected chi connectivity index (χ4v) is 2.29. The third kappa shape index (κ3) is 3.21. The number of H-pyrrole nitrogens is 1. The number of rotatable bonds is 4. The minimum atomic E-state index is -0.142. The number of hydrogen-bond acceptors (Lipinski definition) is 4. The van der Waals surface area contributed by atoms with Crippen molar-refractivity contribution >= 4 is 11.8 Å². The van der Waals surface area contributed by atoms with Crippen LogP contribution in [0.3, 0.4) is 0 Å². The predicted molar refractivity (Wildman–Crippen MR) is 72.6 cm³/mol. The molecule has 0 spiro atoms. The van der Waals surface area contributed by atoms with E-state index >= 15 is 0 Å². The molecule has 0 bridgehead atoms. The molecule has 0 amide bonds. The molecule has 0 saturated carbocycles. The monoisotopic (exact) mass is 261 g/mol. The summed E-state index contributed by atoms with van der Waals surface area (Å²) in [6.45, 7) is 2.06. The number of hydrogen-bond donors (Lipinski definition) is 2. The van der Waals surface area contributed by atoms with Crippen LogP contribution >= 0.6 is 11.8 Å². The molecule has 0 radical (unpaired) electrons. The molecule has 0 fully saturated rings. The Balaban J connectivity index is 2.13. The van der Waals surface area contributed by atoms with Crippen LogP contribution in [0.25, 0.3) is 0 Å². The molecule has 0 saturated heterocycles. The van der Waals surface area contributed by atoms with E-state index in [9.17, 15) is 4.79 Å². The summed E-state index contributed by atoms with van der Waals surface area (Å²) in [5, 5.41) is 0.593. The molecule has 3 N–H and O–H groups in total. The van der Waals surface area contributed by atoms with Crippen molar-refractivity contribution in [2.24, 2.45) is 5.73 Å². The van der Waals surface area contributed by atoms with Gasteiger partial charge < -0.3 is 10.7 Å². The molecule has 18 heavy (non-hydrogen) atoms. The zero-order chi connectivity index (χ0) is 13.0. The molecular formula is C13H15N3OS. The molecule has 2 aromatic rings. The normalized spacial score (nSPS) is 12.3. The molecule has 0 aliphatic heterocycles. The number of aromatic nitrogens is 2. The fraction of sp³-hybridized carbons (Fsp3) is 0.231. The maximum atomic E-state index is 11.1. The quantitative estimate of drug-likeness (QED) is 0.829. The summed E-state index contributed by atoms with van der Waals surface area (Å²) in [6.07, 6.45) is 2.42. The molecule has 1 atom stereocenters. The van der Waals surface area contributed by atoms with E-state index < -0.39 is 0 Å². The van der Waals surface area contributed by atoms with Crippen molar-refractivity contribution in [2.75, 3.05) is 0 Å². The minimum Gasteiger partial charge on any atom is -0.324 e. The van der Waals surface area contributed by atoms with Crippen molar-refractivity contribution in [3.63, 3.8) is 0 Å². The predicted octanol–water partition coefficient (Wildman–Crippen LogP) is 2.33. The van der Waals surface area contributed by atoms with Crippen LogP contribution in [0.15, 0.2) is 51.4 Å². The minimum absolute atomic E-state index is 0.0821. The Bertz CT molecular complexity index is 565. The lowest BCUT2D eigenvalue weighted by Gasteiger charge is -2.09. The van der Waals surface area contributed by atoms with E-state index in [0.29, 0.717) is 5.16 Å². The Morgan fingerprint density at radius 1 is 1.33 bits per heavy atom. The second-order valence-electron chi connectivity index (χ2n) is 3.93. The highest BCUT2D eigenvalue weighted by Gasteiger charge is 2.04. The highest BCUT2D eigenvalue weighted by molar-refractivity contribution is 7.99. The second-order valence-corrected chi connectivity index (χ2v) is 4.99. The van der Waals surface area contributed by atoms with Gasteiger partial charge in [0.1, 0.15) is 0 Å². The van der Waals surface area contributed by atoms with Crippen molar-refractivity contribution in [1.29, 1.82) is 0 Å². The van der Waals surface area contributed by atoms with Crippen LogP contribution in [-0.4, -0.2) is 9.97 Å². The van der Waals surface area contributed by atoms with Crippen molar-refractivity contribution < 1.29 is 0 Å². The fourth-order valence-electron chi connectivity index (χ4n) is 1.53. The van der Waals surface area contributed by atoms with Gasteiger partial charge in [0, 0.05) is 23.2 Å². The third-order valence-corrected chi connectivity index (χ3v) is 3.52. The highest BCUT2D eigenvalue weighted by Crippen LogP contribution is 2.25. The van der Waals surface area contributed by atoms with Gasteiger partial charge in [-0.15, -0.1) is 0 Å². The van der Waals surface area contributed by atoms with Crippen LogP contribution in [-0.2, 0) is 0 Å². The summed E-state index contributed by atoms with van der Waals surface area (Å²) in [5.74, 6) is 0. The molecule has 1 aromatic heterocycles. The Labute approximate surface area is 110 Å². The summed E-state index contributed by atoms with van der Waals surface area (Å²) in [5.41, 5.74) is 6.93. The van der Waals surface area contributed by atoms with Crippen LogP contribution in [0.5, 0.6) is 0 Å². The summed E-state index contributed by atoms with van der Waals surface area (Å²) < 4.78 is 0. The first-order valence-corrected chi connectivity index (χ1v) is 6.59. The van der Waals surface area contributed by atoms with Gasteiger partial charge >= 0.3 is 0 Å². The molecule has 0 unspecified atom stereocenters. The van der Waals surface area contributed by atoms with Crippen LogP contribution in [0.4, 0.5) is 0 Å². The van der Waals surface area contributed by atoms with E-state index in [1.807, 2.05) is 24.3 Å². The van der Waals surface area contributed by atoms with Gasteiger partial charge in [0.05, 0.1) is 0 Å². The van der Waals surface area contributed by atoms with Gasteiger partial charge in [0.15, 0.2) is 5.16 Å². The summed E-state index contributed by atoms with van der Waals surface area (Å²) in [7, 11) is 0. The van der Waals surface area contributed by atoms with E-state index in [4.69, 9.17) is 5.73 Å². The lowest BCUT2D eigenvalue weighted by atomic mass is 10.1. The molecule has 0 aliphatic carbocycles. The average molecular weight is 261 g/mol. The maximum absolute atomic E-state index is 11.1. The Morgan fingerprint density at radius 3 is 2.67 bits per heavy atom. The molecule has 1 aromatic carbocycles. The number of nitrogens with zero attached hydrogens (tertiary/aromatic N) is 1. The zero-order valence-corrected chi connectivity index (χ0v) is 10.9. The molecule has 94 valence electrons.